The summed E-state index contributed by atoms with van der Waals surface area (Å²) in [5.74, 6) is -4.63. The van der Waals surface area contributed by atoms with E-state index in [-0.39, 0.29) is 9.23 Å². The van der Waals surface area contributed by atoms with Gasteiger partial charge in [-0.25, -0.2) is 13.6 Å². The van der Waals surface area contributed by atoms with Gasteiger partial charge in [0.25, 0.3) is 5.91 Å². The number of rotatable bonds is 7. The fourth-order valence-corrected chi connectivity index (χ4v) is 4.94. The monoisotopic (exact) mass is 498 g/mol. The largest absolute Gasteiger partial charge is 0.480 e. The van der Waals surface area contributed by atoms with Gasteiger partial charge < -0.3 is 15.5 Å². The van der Waals surface area contributed by atoms with Gasteiger partial charge in [0.15, 0.2) is 17.7 Å². The lowest BCUT2D eigenvalue weighted by atomic mass is 10.1. The number of carbonyl (C=O) groups excluding carboxylic acids is 2. The minimum absolute atomic E-state index is 0.123. The minimum Gasteiger partial charge on any atom is -0.480 e. The van der Waals surface area contributed by atoms with Crippen molar-refractivity contribution >= 4 is 63.5 Å². The van der Waals surface area contributed by atoms with Crippen molar-refractivity contribution in [3.8, 4) is 11.1 Å². The van der Waals surface area contributed by atoms with Crippen LogP contribution in [0.1, 0.15) is 11.8 Å². The van der Waals surface area contributed by atoms with Crippen LogP contribution in [-0.2, 0) is 14.4 Å². The van der Waals surface area contributed by atoms with Crippen LogP contribution in [0, 0.1) is 11.6 Å². The van der Waals surface area contributed by atoms with Gasteiger partial charge in [-0.3, -0.25) is 14.5 Å². The Morgan fingerprint density at radius 1 is 1.25 bits per heavy atom. The van der Waals surface area contributed by atoms with Crippen molar-refractivity contribution in [2.75, 3.05) is 6.54 Å². The quantitative estimate of drug-likeness (QED) is 0.398. The summed E-state index contributed by atoms with van der Waals surface area (Å²) in [6.45, 7) is 0.722. The smallest absolute Gasteiger partial charge is 0.328 e. The minimum atomic E-state index is -1.52. The number of thioether (sulfide) groups is 1. The molecule has 2 amide bonds. The van der Waals surface area contributed by atoms with Gasteiger partial charge in [-0.05, 0) is 47.7 Å². The molecule has 0 spiro atoms. The number of aliphatic carboxylic acids is 1. The fourth-order valence-electron chi connectivity index (χ4n) is 2.77. The van der Waals surface area contributed by atoms with Gasteiger partial charge in [-0.2, -0.15) is 0 Å². The number of carbonyl (C=O) groups is 3. The van der Waals surface area contributed by atoms with Crippen LogP contribution in [0.5, 0.6) is 0 Å². The molecule has 1 aromatic heterocycles. The topological polar surface area (TPSA) is 107 Å². The van der Waals surface area contributed by atoms with Gasteiger partial charge >= 0.3 is 5.97 Å². The summed E-state index contributed by atoms with van der Waals surface area (Å²) < 4.78 is 26.7. The molecule has 2 heterocycles. The molecule has 0 radical (unpaired) electrons. The number of carboxylic acid groups (broad SMARTS) is 1. The zero-order chi connectivity index (χ0) is 23.6. The van der Waals surface area contributed by atoms with E-state index in [2.05, 4.69) is 5.32 Å². The second-order valence-corrected chi connectivity index (χ2v) is 9.38. The second kappa shape index (κ2) is 9.86. The molecule has 1 fully saturated rings. The average molecular weight is 499 g/mol. The summed E-state index contributed by atoms with van der Waals surface area (Å²) in [6.07, 6.45) is 0.242. The van der Waals surface area contributed by atoms with E-state index in [0.717, 1.165) is 28.8 Å². The van der Waals surface area contributed by atoms with Gasteiger partial charge in [0, 0.05) is 4.88 Å². The van der Waals surface area contributed by atoms with Crippen LogP contribution < -0.4 is 5.32 Å². The molecule has 2 atom stereocenters. The first-order valence-corrected chi connectivity index (χ1v) is 11.2. The molecule has 0 bridgehead atoms. The van der Waals surface area contributed by atoms with Crippen LogP contribution in [0.25, 0.3) is 17.2 Å². The summed E-state index contributed by atoms with van der Waals surface area (Å²) in [5, 5.41) is 22.4. The number of thiocarbonyl (C=S) groups is 1. The Kier molecular flexibility index (Phi) is 7.39. The number of nitrogens with zero attached hydrogens (tertiary/aromatic N) is 1. The zero-order valence-corrected chi connectivity index (χ0v) is 18.8. The first kappa shape index (κ1) is 24.0. The SMILES string of the molecule is C[C@@H](O)[C@H](NC(=O)CN1C(=O)/C(=C/c2cc(-c3ccc(F)c(F)c3)cs2)SC1=S)C(=O)O. The molecule has 32 heavy (non-hydrogen) atoms. The van der Waals surface area contributed by atoms with Gasteiger partial charge in [0.2, 0.25) is 5.91 Å². The molecule has 168 valence electrons. The lowest BCUT2D eigenvalue weighted by Gasteiger charge is -2.19. The number of hydrogen-bond acceptors (Lipinski definition) is 7. The maximum Gasteiger partial charge on any atom is 0.328 e. The maximum atomic E-state index is 13.5. The summed E-state index contributed by atoms with van der Waals surface area (Å²) in [4.78, 5) is 37.9. The summed E-state index contributed by atoms with van der Waals surface area (Å²) >= 11 is 7.42. The number of benzene rings is 1. The van der Waals surface area contributed by atoms with Crippen molar-refractivity contribution < 1.29 is 33.4 Å². The van der Waals surface area contributed by atoms with Crippen LogP contribution in [0.2, 0.25) is 0 Å². The third-order valence-corrected chi connectivity index (χ3v) is 6.64. The average Bonchev–Trinajstić information content (AvgIpc) is 3.28. The predicted octanol–water partition coefficient (Wildman–Crippen LogP) is 2.84. The van der Waals surface area contributed by atoms with Crippen molar-refractivity contribution in [3.05, 3.63) is 51.1 Å². The summed E-state index contributed by atoms with van der Waals surface area (Å²) in [5.41, 5.74) is 1.13. The Labute approximate surface area is 194 Å². The molecule has 2 aromatic rings. The molecule has 0 saturated carbocycles. The van der Waals surface area contributed by atoms with Crippen molar-refractivity contribution in [1.29, 1.82) is 0 Å². The predicted molar refractivity (Wildman–Crippen MR) is 121 cm³/mol. The number of nitrogens with one attached hydrogen (secondary N) is 1. The van der Waals surface area contributed by atoms with E-state index in [1.165, 1.54) is 24.3 Å². The Morgan fingerprint density at radius 2 is 1.97 bits per heavy atom. The first-order chi connectivity index (χ1) is 15.1. The number of thiophene rings is 1. The molecule has 1 aromatic carbocycles. The van der Waals surface area contributed by atoms with Crippen LogP contribution in [0.4, 0.5) is 8.78 Å². The van der Waals surface area contributed by atoms with E-state index >= 15 is 0 Å². The van der Waals surface area contributed by atoms with Crippen LogP contribution in [0.3, 0.4) is 0 Å². The number of halogens is 2. The molecule has 12 heteroatoms. The fraction of sp³-hybridized carbons (Fsp3) is 0.200. The van der Waals surface area contributed by atoms with Crippen LogP contribution in [-0.4, -0.2) is 55.9 Å². The van der Waals surface area contributed by atoms with E-state index < -0.39 is 48.1 Å². The van der Waals surface area contributed by atoms with E-state index in [0.29, 0.717) is 16.0 Å². The maximum absolute atomic E-state index is 13.5. The van der Waals surface area contributed by atoms with Crippen molar-refractivity contribution in [1.82, 2.24) is 10.2 Å². The van der Waals surface area contributed by atoms with E-state index in [9.17, 15) is 28.3 Å². The van der Waals surface area contributed by atoms with Gasteiger partial charge in [-0.15, -0.1) is 11.3 Å². The van der Waals surface area contributed by atoms with Crippen molar-refractivity contribution in [3.63, 3.8) is 0 Å². The molecule has 3 N–H and O–H groups in total. The Hall–Kier alpha value is -2.67. The van der Waals surface area contributed by atoms with Crippen LogP contribution >= 0.6 is 35.3 Å². The Morgan fingerprint density at radius 3 is 2.59 bits per heavy atom. The summed E-state index contributed by atoms with van der Waals surface area (Å²) in [7, 11) is 0. The Balaban J connectivity index is 1.72. The highest BCUT2D eigenvalue weighted by molar-refractivity contribution is 8.26. The molecule has 0 aliphatic carbocycles. The van der Waals surface area contributed by atoms with Crippen LogP contribution in [0.15, 0.2) is 34.6 Å². The molecule has 0 unspecified atom stereocenters. The number of hydrogen-bond donors (Lipinski definition) is 3. The zero-order valence-electron chi connectivity index (χ0n) is 16.4. The summed E-state index contributed by atoms with van der Waals surface area (Å²) in [6, 6.07) is 3.75. The van der Waals surface area contributed by atoms with Gasteiger partial charge in [0.05, 0.1) is 11.0 Å². The molecule has 1 saturated heterocycles. The third kappa shape index (κ3) is 5.38. The van der Waals surface area contributed by atoms with Gasteiger partial charge in [-0.1, -0.05) is 30.0 Å². The first-order valence-electron chi connectivity index (χ1n) is 9.06. The van der Waals surface area contributed by atoms with E-state index in [1.807, 2.05) is 0 Å². The lowest BCUT2D eigenvalue weighted by molar-refractivity contribution is -0.144. The molecular weight excluding hydrogens is 482 g/mol. The number of aliphatic hydroxyl groups is 1. The van der Waals surface area contributed by atoms with Gasteiger partial charge in [0.1, 0.15) is 10.9 Å². The normalized spacial score (nSPS) is 17.0. The second-order valence-electron chi connectivity index (χ2n) is 6.76. The Bertz CT molecular complexity index is 1130. The highest BCUT2D eigenvalue weighted by Gasteiger charge is 2.34. The molecule has 7 nitrogen and oxygen atoms in total. The number of carboxylic acids is 1. The van der Waals surface area contributed by atoms with E-state index in [1.54, 1.807) is 17.5 Å². The number of amides is 2. The number of aliphatic hydroxyl groups excluding tert-OH is 1. The van der Waals surface area contributed by atoms with Crippen molar-refractivity contribution in [2.24, 2.45) is 0 Å². The molecule has 1 aliphatic heterocycles. The molecule has 1 aliphatic rings. The molecule has 3 rings (SSSR count). The standard InChI is InChI=1S/C20H16F2N2O5S3/c1-9(25)17(19(28)29)23-16(26)7-24-18(27)15(32-20(24)30)6-12-4-11(8-31-12)10-2-3-13(21)14(22)5-10/h2-6,8-9,17,25H,7H2,1H3,(H,23,26)(H,28,29)/b15-6-/t9-,17+/m1/s1. The third-order valence-electron chi connectivity index (χ3n) is 4.39. The van der Waals surface area contributed by atoms with E-state index in [4.69, 9.17) is 17.3 Å². The lowest BCUT2D eigenvalue weighted by Crippen LogP contribution is -2.51. The van der Waals surface area contributed by atoms with Crippen molar-refractivity contribution in [2.45, 2.75) is 19.1 Å². The highest BCUT2D eigenvalue weighted by Crippen LogP contribution is 2.35. The highest BCUT2D eigenvalue weighted by atomic mass is 32.2. The molecular formula is C20H16F2N2O5S3.